The number of anilines is 1. The zero-order valence-corrected chi connectivity index (χ0v) is 13.1. The Morgan fingerprint density at radius 2 is 1.76 bits per heavy atom. The number of nitrogens with zero attached hydrogens (tertiary/aromatic N) is 1. The molecular formula is C12H15N3O4S2. The van der Waals surface area contributed by atoms with E-state index < -0.39 is 19.9 Å². The second-order valence-electron chi connectivity index (χ2n) is 4.45. The van der Waals surface area contributed by atoms with E-state index >= 15 is 0 Å². The number of H-pyrrole nitrogens is 1. The molecule has 0 amide bonds. The zero-order valence-electron chi connectivity index (χ0n) is 11.5. The van der Waals surface area contributed by atoms with Gasteiger partial charge in [0, 0.05) is 18.4 Å². The van der Waals surface area contributed by atoms with E-state index in [1.54, 1.807) is 0 Å². The predicted octanol–water partition coefficient (Wildman–Crippen LogP) is 1.18. The number of sulfonamides is 1. The van der Waals surface area contributed by atoms with Gasteiger partial charge in [-0.3, -0.25) is 4.72 Å². The van der Waals surface area contributed by atoms with Gasteiger partial charge in [0.1, 0.15) is 5.82 Å². The molecule has 7 nitrogen and oxygen atoms in total. The monoisotopic (exact) mass is 329 g/mol. The number of hydrogen-bond donors (Lipinski definition) is 2. The van der Waals surface area contributed by atoms with Gasteiger partial charge in [0.15, 0.2) is 14.9 Å². The molecule has 2 N–H and O–H groups in total. The first-order chi connectivity index (χ1) is 9.72. The van der Waals surface area contributed by atoms with Crippen molar-refractivity contribution in [2.75, 3.05) is 11.0 Å². The Morgan fingerprint density at radius 1 is 1.14 bits per heavy atom. The molecule has 1 aromatic heterocycles. The summed E-state index contributed by atoms with van der Waals surface area (Å²) in [5.74, 6) is 0.572. The number of nitrogens with one attached hydrogen (secondary N) is 2. The third kappa shape index (κ3) is 3.61. The van der Waals surface area contributed by atoms with Gasteiger partial charge in [-0.25, -0.2) is 13.4 Å². The molecule has 0 saturated carbocycles. The topological polar surface area (TPSA) is 109 Å². The van der Waals surface area contributed by atoms with E-state index in [4.69, 9.17) is 0 Å². The fourth-order valence-corrected chi connectivity index (χ4v) is 3.27. The van der Waals surface area contributed by atoms with Crippen LogP contribution in [0.1, 0.15) is 12.7 Å². The minimum absolute atomic E-state index is 0.0356. The lowest BCUT2D eigenvalue weighted by Gasteiger charge is -2.06. The van der Waals surface area contributed by atoms with Crippen molar-refractivity contribution in [1.29, 1.82) is 0 Å². The van der Waals surface area contributed by atoms with Gasteiger partial charge in [-0.1, -0.05) is 6.92 Å². The summed E-state index contributed by atoms with van der Waals surface area (Å²) in [5, 5.41) is -0.0356. The van der Waals surface area contributed by atoms with Crippen molar-refractivity contribution in [3.05, 3.63) is 36.3 Å². The molecule has 0 atom stereocenters. The molecule has 0 radical (unpaired) electrons. The molecule has 0 saturated heterocycles. The first kappa shape index (κ1) is 15.5. The number of aromatic nitrogens is 2. The first-order valence-electron chi connectivity index (χ1n) is 6.09. The van der Waals surface area contributed by atoms with Crippen LogP contribution in [0.3, 0.4) is 0 Å². The largest absolute Gasteiger partial charge is 0.332 e. The smallest absolute Gasteiger partial charge is 0.278 e. The molecule has 0 unspecified atom stereocenters. The Kier molecular flexibility index (Phi) is 4.06. The molecule has 0 spiro atoms. The number of imidazole rings is 1. The first-order valence-corrected chi connectivity index (χ1v) is 9.46. The van der Waals surface area contributed by atoms with Crippen molar-refractivity contribution in [2.24, 2.45) is 0 Å². The SMILES string of the molecule is CCc1ncc(S(=O)(=O)Nc2ccc(S(C)(=O)=O)cc2)[nH]1. The standard InChI is InChI=1S/C12H15N3O4S2/c1-3-11-13-8-12(14-11)21(18,19)15-9-4-6-10(7-5-9)20(2,16)17/h4-8,15H,3H2,1-2H3,(H,13,14). The number of aromatic amines is 1. The number of hydrogen-bond acceptors (Lipinski definition) is 5. The lowest BCUT2D eigenvalue weighted by Crippen LogP contribution is -2.13. The van der Waals surface area contributed by atoms with Crippen LogP contribution in [0.25, 0.3) is 0 Å². The minimum atomic E-state index is -3.77. The molecule has 0 aliphatic heterocycles. The number of aryl methyl sites for hydroxylation is 1. The van der Waals surface area contributed by atoms with Crippen LogP contribution in [0.2, 0.25) is 0 Å². The van der Waals surface area contributed by atoms with Gasteiger partial charge in [-0.2, -0.15) is 8.42 Å². The van der Waals surface area contributed by atoms with E-state index in [2.05, 4.69) is 14.7 Å². The van der Waals surface area contributed by atoms with E-state index in [0.717, 1.165) is 6.26 Å². The molecule has 1 heterocycles. The molecule has 0 aliphatic carbocycles. The Balaban J connectivity index is 2.24. The highest BCUT2D eigenvalue weighted by molar-refractivity contribution is 7.92. The van der Waals surface area contributed by atoms with E-state index in [0.29, 0.717) is 12.2 Å². The second-order valence-corrected chi connectivity index (χ2v) is 8.12. The molecule has 2 rings (SSSR count). The van der Waals surface area contributed by atoms with Crippen molar-refractivity contribution < 1.29 is 16.8 Å². The fraction of sp³-hybridized carbons (Fsp3) is 0.250. The average Bonchev–Trinajstić information content (AvgIpc) is 2.87. The van der Waals surface area contributed by atoms with Gasteiger partial charge in [0.05, 0.1) is 11.1 Å². The molecule has 9 heteroatoms. The summed E-state index contributed by atoms with van der Waals surface area (Å²) >= 11 is 0. The van der Waals surface area contributed by atoms with E-state index in [1.807, 2.05) is 6.92 Å². The fourth-order valence-electron chi connectivity index (χ4n) is 1.64. The second kappa shape index (κ2) is 5.49. The van der Waals surface area contributed by atoms with Crippen LogP contribution in [0.4, 0.5) is 5.69 Å². The summed E-state index contributed by atoms with van der Waals surface area (Å²) in [7, 11) is -7.08. The van der Waals surface area contributed by atoms with Gasteiger partial charge in [0.25, 0.3) is 10.0 Å². The van der Waals surface area contributed by atoms with E-state index in [9.17, 15) is 16.8 Å². The van der Waals surface area contributed by atoms with E-state index in [-0.39, 0.29) is 15.6 Å². The van der Waals surface area contributed by atoms with Gasteiger partial charge >= 0.3 is 0 Å². The Hall–Kier alpha value is -1.87. The Labute approximate surface area is 123 Å². The normalized spacial score (nSPS) is 12.3. The maximum atomic E-state index is 12.1. The number of benzene rings is 1. The highest BCUT2D eigenvalue weighted by atomic mass is 32.2. The maximum Gasteiger partial charge on any atom is 0.278 e. The van der Waals surface area contributed by atoms with Gasteiger partial charge in [-0.05, 0) is 24.3 Å². The molecule has 1 aromatic carbocycles. The van der Waals surface area contributed by atoms with Gasteiger partial charge in [-0.15, -0.1) is 0 Å². The third-order valence-electron chi connectivity index (χ3n) is 2.76. The van der Waals surface area contributed by atoms with Gasteiger partial charge in [0.2, 0.25) is 0 Å². The van der Waals surface area contributed by atoms with Crippen LogP contribution in [0, 0.1) is 0 Å². The zero-order chi connectivity index (χ0) is 15.7. The lowest BCUT2D eigenvalue weighted by atomic mass is 10.3. The van der Waals surface area contributed by atoms with Crippen LogP contribution in [0.15, 0.2) is 40.4 Å². The van der Waals surface area contributed by atoms with Crippen LogP contribution in [-0.2, 0) is 26.3 Å². The molecule has 0 aliphatic rings. The molecule has 114 valence electrons. The summed E-state index contributed by atoms with van der Waals surface area (Å²) in [6.45, 7) is 1.85. The molecule has 0 fully saturated rings. The van der Waals surface area contributed by atoms with Gasteiger partial charge < -0.3 is 4.98 Å². The molecule has 0 bridgehead atoms. The summed E-state index contributed by atoms with van der Waals surface area (Å²) in [4.78, 5) is 6.76. The third-order valence-corrected chi connectivity index (χ3v) is 5.18. The summed E-state index contributed by atoms with van der Waals surface area (Å²) < 4.78 is 49.3. The van der Waals surface area contributed by atoms with Crippen molar-refractivity contribution in [2.45, 2.75) is 23.3 Å². The van der Waals surface area contributed by atoms with Crippen LogP contribution in [0.5, 0.6) is 0 Å². The quantitative estimate of drug-likeness (QED) is 0.856. The number of rotatable bonds is 5. The molecule has 21 heavy (non-hydrogen) atoms. The molecule has 2 aromatic rings. The number of sulfone groups is 1. The van der Waals surface area contributed by atoms with E-state index in [1.165, 1.54) is 30.5 Å². The summed E-state index contributed by atoms with van der Waals surface area (Å²) in [5.41, 5.74) is 0.273. The Morgan fingerprint density at radius 3 is 2.24 bits per heavy atom. The van der Waals surface area contributed by atoms with Crippen LogP contribution < -0.4 is 4.72 Å². The highest BCUT2D eigenvalue weighted by Gasteiger charge is 2.17. The highest BCUT2D eigenvalue weighted by Crippen LogP contribution is 2.17. The summed E-state index contributed by atoms with van der Waals surface area (Å²) in [6, 6.07) is 5.48. The predicted molar refractivity (Wildman–Crippen MR) is 78.3 cm³/mol. The average molecular weight is 329 g/mol. The maximum absolute atomic E-state index is 12.1. The van der Waals surface area contributed by atoms with Crippen LogP contribution >= 0.6 is 0 Å². The van der Waals surface area contributed by atoms with Crippen LogP contribution in [-0.4, -0.2) is 33.1 Å². The van der Waals surface area contributed by atoms with Crippen molar-refractivity contribution >= 4 is 25.5 Å². The Bertz CT molecular complexity index is 837. The summed E-state index contributed by atoms with van der Waals surface area (Å²) in [6.07, 6.45) is 2.92. The van der Waals surface area contributed by atoms with Crippen molar-refractivity contribution in [3.63, 3.8) is 0 Å². The minimum Gasteiger partial charge on any atom is -0.332 e. The molecular weight excluding hydrogens is 314 g/mol. The lowest BCUT2D eigenvalue weighted by molar-refractivity contribution is 0.597. The van der Waals surface area contributed by atoms with Crippen molar-refractivity contribution in [3.8, 4) is 0 Å². The van der Waals surface area contributed by atoms with Crippen molar-refractivity contribution in [1.82, 2.24) is 9.97 Å².